The predicted molar refractivity (Wildman–Crippen MR) is 130 cm³/mol. The van der Waals surface area contributed by atoms with Crippen LogP contribution in [-0.4, -0.2) is 56.8 Å². The van der Waals surface area contributed by atoms with Gasteiger partial charge in [-0.05, 0) is 37.8 Å². The molecule has 1 saturated carbocycles. The van der Waals surface area contributed by atoms with Crippen molar-refractivity contribution in [2.45, 2.75) is 70.2 Å². The van der Waals surface area contributed by atoms with Gasteiger partial charge in [0.1, 0.15) is 11.5 Å². The molecule has 0 amide bonds. The maximum Gasteiger partial charge on any atom is 0.387 e. The van der Waals surface area contributed by atoms with Gasteiger partial charge < -0.3 is 25.0 Å². The van der Waals surface area contributed by atoms with E-state index >= 15 is 0 Å². The second kappa shape index (κ2) is 13.2. The van der Waals surface area contributed by atoms with E-state index in [0.29, 0.717) is 29.9 Å². The fraction of sp³-hybridized carbons (Fsp3) is 0.682. The van der Waals surface area contributed by atoms with Gasteiger partial charge in [0.15, 0.2) is 5.96 Å². The van der Waals surface area contributed by atoms with Gasteiger partial charge in [-0.2, -0.15) is 8.78 Å². The molecule has 31 heavy (non-hydrogen) atoms. The third kappa shape index (κ3) is 7.93. The highest BCUT2D eigenvalue weighted by molar-refractivity contribution is 14.0. The van der Waals surface area contributed by atoms with Crippen molar-refractivity contribution in [3.8, 4) is 11.5 Å². The summed E-state index contributed by atoms with van der Waals surface area (Å²) in [7, 11) is 3.21. The molecule has 2 aliphatic rings. The van der Waals surface area contributed by atoms with E-state index < -0.39 is 6.61 Å². The highest BCUT2D eigenvalue weighted by Gasteiger charge is 2.26. The predicted octanol–water partition coefficient (Wildman–Crippen LogP) is 4.38. The summed E-state index contributed by atoms with van der Waals surface area (Å²) in [5.41, 5.74) is 0.617. The molecule has 1 aliphatic heterocycles. The lowest BCUT2D eigenvalue weighted by atomic mass is 9.92. The second-order valence-electron chi connectivity index (χ2n) is 8.02. The van der Waals surface area contributed by atoms with E-state index in [0.717, 1.165) is 32.0 Å². The molecule has 0 bridgehead atoms. The molecule has 0 aromatic heterocycles. The maximum atomic E-state index is 12.8. The minimum atomic E-state index is -2.89. The third-order valence-electron chi connectivity index (χ3n) is 6.12. The number of benzene rings is 1. The second-order valence-corrected chi connectivity index (χ2v) is 8.02. The summed E-state index contributed by atoms with van der Waals surface area (Å²) in [6, 6.07) is 6.05. The van der Waals surface area contributed by atoms with E-state index in [9.17, 15) is 8.78 Å². The van der Waals surface area contributed by atoms with Gasteiger partial charge in [-0.1, -0.05) is 19.3 Å². The minimum absolute atomic E-state index is 0. The van der Waals surface area contributed by atoms with Crippen molar-refractivity contribution < 1.29 is 18.3 Å². The molecule has 0 unspecified atom stereocenters. The number of hydrogen-bond acceptors (Lipinski definition) is 4. The summed E-state index contributed by atoms with van der Waals surface area (Å²) < 4.78 is 35.3. The molecule has 0 radical (unpaired) electrons. The zero-order chi connectivity index (χ0) is 21.3. The number of ether oxygens (including phenoxy) is 2. The SMILES string of the molecule is CN=C(NCc1ccc(OC)cc1OC(F)F)NC1CCN(C2CCCCC2)CC1.I. The van der Waals surface area contributed by atoms with Crippen molar-refractivity contribution >= 4 is 29.9 Å². The lowest BCUT2D eigenvalue weighted by molar-refractivity contribution is -0.0505. The Balaban J connectivity index is 0.00000341. The molecular formula is C22H35F2IN4O2. The number of nitrogens with one attached hydrogen (secondary N) is 2. The van der Waals surface area contributed by atoms with Gasteiger partial charge in [0.2, 0.25) is 0 Å². The Morgan fingerprint density at radius 1 is 1.16 bits per heavy atom. The fourth-order valence-electron chi connectivity index (χ4n) is 4.44. The molecule has 0 spiro atoms. The lowest BCUT2D eigenvalue weighted by Crippen LogP contribution is -2.50. The molecule has 6 nitrogen and oxygen atoms in total. The monoisotopic (exact) mass is 552 g/mol. The van der Waals surface area contributed by atoms with Crippen LogP contribution in [0.1, 0.15) is 50.5 Å². The molecule has 1 aromatic carbocycles. The largest absolute Gasteiger partial charge is 0.497 e. The maximum absolute atomic E-state index is 12.8. The van der Waals surface area contributed by atoms with Crippen LogP contribution in [0.25, 0.3) is 0 Å². The van der Waals surface area contributed by atoms with E-state index in [4.69, 9.17) is 4.74 Å². The first-order valence-electron chi connectivity index (χ1n) is 10.9. The van der Waals surface area contributed by atoms with Crippen LogP contribution in [0.15, 0.2) is 23.2 Å². The van der Waals surface area contributed by atoms with Crippen molar-refractivity contribution in [1.29, 1.82) is 0 Å². The van der Waals surface area contributed by atoms with Crippen LogP contribution in [0.2, 0.25) is 0 Å². The van der Waals surface area contributed by atoms with Crippen molar-refractivity contribution in [3.05, 3.63) is 23.8 Å². The molecule has 1 aromatic rings. The van der Waals surface area contributed by atoms with Crippen LogP contribution in [0.4, 0.5) is 8.78 Å². The smallest absolute Gasteiger partial charge is 0.387 e. The van der Waals surface area contributed by atoms with Crippen LogP contribution in [-0.2, 0) is 6.54 Å². The van der Waals surface area contributed by atoms with Crippen LogP contribution < -0.4 is 20.1 Å². The lowest BCUT2D eigenvalue weighted by Gasteiger charge is -2.39. The van der Waals surface area contributed by atoms with Gasteiger partial charge in [-0.15, -0.1) is 24.0 Å². The molecule has 1 aliphatic carbocycles. The van der Waals surface area contributed by atoms with E-state index in [1.807, 2.05) is 0 Å². The van der Waals surface area contributed by atoms with E-state index in [-0.39, 0.29) is 29.7 Å². The zero-order valence-electron chi connectivity index (χ0n) is 18.4. The van der Waals surface area contributed by atoms with E-state index in [2.05, 4.69) is 25.3 Å². The van der Waals surface area contributed by atoms with Crippen molar-refractivity contribution in [1.82, 2.24) is 15.5 Å². The first-order valence-corrected chi connectivity index (χ1v) is 10.9. The average molecular weight is 552 g/mol. The number of alkyl halides is 2. The average Bonchev–Trinajstić information content (AvgIpc) is 2.77. The summed E-state index contributed by atoms with van der Waals surface area (Å²) in [4.78, 5) is 6.95. The third-order valence-corrected chi connectivity index (χ3v) is 6.12. The van der Waals surface area contributed by atoms with Crippen molar-refractivity contribution in [2.75, 3.05) is 27.2 Å². The minimum Gasteiger partial charge on any atom is -0.497 e. The first-order chi connectivity index (χ1) is 14.6. The fourth-order valence-corrected chi connectivity index (χ4v) is 4.44. The molecule has 3 rings (SSSR count). The Bertz CT molecular complexity index is 694. The van der Waals surface area contributed by atoms with Crippen LogP contribution >= 0.6 is 24.0 Å². The molecule has 2 N–H and O–H groups in total. The summed E-state index contributed by atoms with van der Waals surface area (Å²) >= 11 is 0. The van der Waals surface area contributed by atoms with Gasteiger partial charge in [0, 0.05) is 50.4 Å². The summed E-state index contributed by atoms with van der Waals surface area (Å²) in [6.07, 6.45) is 8.95. The summed E-state index contributed by atoms with van der Waals surface area (Å²) in [5.74, 6) is 1.25. The first kappa shape index (κ1) is 25.9. The molecular weight excluding hydrogens is 517 g/mol. The molecule has 1 heterocycles. The van der Waals surface area contributed by atoms with E-state index in [1.165, 1.54) is 45.3 Å². The van der Waals surface area contributed by atoms with Crippen LogP contribution in [0.5, 0.6) is 11.5 Å². The van der Waals surface area contributed by atoms with Crippen LogP contribution in [0.3, 0.4) is 0 Å². The Labute approximate surface area is 201 Å². The highest BCUT2D eigenvalue weighted by Crippen LogP contribution is 2.27. The quantitative estimate of drug-likeness (QED) is 0.299. The number of piperidine rings is 1. The van der Waals surface area contributed by atoms with Crippen molar-refractivity contribution in [3.63, 3.8) is 0 Å². The number of halogens is 3. The Morgan fingerprint density at radius 2 is 1.87 bits per heavy atom. The molecule has 1 saturated heterocycles. The Hall–Kier alpha value is -1.36. The van der Waals surface area contributed by atoms with Gasteiger partial charge in [-0.3, -0.25) is 4.99 Å². The normalized spacial score (nSPS) is 19.1. The number of nitrogens with zero attached hydrogens (tertiary/aromatic N) is 2. The number of likely N-dealkylation sites (tertiary alicyclic amines) is 1. The number of hydrogen-bond donors (Lipinski definition) is 2. The Kier molecular flexibility index (Phi) is 11.1. The van der Waals surface area contributed by atoms with Gasteiger partial charge in [-0.25, -0.2) is 0 Å². The number of guanidine groups is 1. The molecule has 9 heteroatoms. The van der Waals surface area contributed by atoms with Crippen molar-refractivity contribution in [2.24, 2.45) is 4.99 Å². The van der Waals surface area contributed by atoms with Crippen LogP contribution in [0, 0.1) is 0 Å². The van der Waals surface area contributed by atoms with Gasteiger partial charge in [0.05, 0.1) is 7.11 Å². The number of aliphatic imine (C=N–C) groups is 1. The standard InChI is InChI=1S/C22H34F2N4O2.HI/c1-25-22(26-15-16-8-9-19(29-2)14-20(16)30-21(23)24)27-17-10-12-28(13-11-17)18-6-4-3-5-7-18;/h8-9,14,17-18,21H,3-7,10-13,15H2,1-2H3,(H2,25,26,27);1H. The molecule has 0 atom stereocenters. The molecule has 2 fully saturated rings. The highest BCUT2D eigenvalue weighted by atomic mass is 127. The Morgan fingerprint density at radius 3 is 2.48 bits per heavy atom. The van der Waals surface area contributed by atoms with Gasteiger partial charge in [0.25, 0.3) is 0 Å². The summed E-state index contributed by atoms with van der Waals surface area (Å²) in [5, 5.41) is 6.70. The van der Waals surface area contributed by atoms with Gasteiger partial charge >= 0.3 is 6.61 Å². The topological polar surface area (TPSA) is 58.1 Å². The van der Waals surface area contributed by atoms with E-state index in [1.54, 1.807) is 19.2 Å². The number of methoxy groups -OCH3 is 1. The molecule has 176 valence electrons. The zero-order valence-corrected chi connectivity index (χ0v) is 20.7. The summed E-state index contributed by atoms with van der Waals surface area (Å²) in [6.45, 7) is -0.330. The number of rotatable bonds is 7.